The summed E-state index contributed by atoms with van der Waals surface area (Å²) in [6.45, 7) is 5.84. The third kappa shape index (κ3) is 5.29. The molecule has 0 bridgehead atoms. The van der Waals surface area contributed by atoms with Gasteiger partial charge in [-0.1, -0.05) is 18.2 Å². The van der Waals surface area contributed by atoms with Crippen molar-refractivity contribution >= 4 is 32.2 Å². The Hall–Kier alpha value is -1.92. The van der Waals surface area contributed by atoms with Gasteiger partial charge in [0.15, 0.2) is 0 Å². The van der Waals surface area contributed by atoms with Crippen LogP contribution in [0, 0.1) is 5.41 Å². The van der Waals surface area contributed by atoms with E-state index in [1.54, 1.807) is 30.4 Å². The van der Waals surface area contributed by atoms with Gasteiger partial charge in [0, 0.05) is 37.3 Å². The zero-order valence-electron chi connectivity index (χ0n) is 14.9. The third-order valence-corrected chi connectivity index (χ3v) is 5.28. The zero-order chi connectivity index (χ0) is 19.1. The first-order valence-electron chi connectivity index (χ1n) is 8.47. The topological polar surface area (TPSA) is 56.2 Å². The molecule has 1 aromatic carbocycles. The smallest absolute Gasteiger partial charge is 0.147 e. The van der Waals surface area contributed by atoms with E-state index >= 15 is 0 Å². The van der Waals surface area contributed by atoms with E-state index in [-0.39, 0.29) is 5.83 Å². The molecule has 0 fully saturated rings. The number of allylic oxidation sites excluding steroid dienone is 4. The van der Waals surface area contributed by atoms with Gasteiger partial charge in [0.25, 0.3) is 0 Å². The highest BCUT2D eigenvalue weighted by Crippen LogP contribution is 2.23. The van der Waals surface area contributed by atoms with Crippen LogP contribution in [0.2, 0.25) is 0 Å². The van der Waals surface area contributed by atoms with Crippen molar-refractivity contribution in [3.8, 4) is 0 Å². The molecule has 1 aliphatic carbocycles. The average Bonchev–Trinajstić information content (AvgIpc) is 2.84. The Morgan fingerprint density at radius 1 is 1.35 bits per heavy atom. The molecule has 2 rings (SSSR count). The van der Waals surface area contributed by atoms with Crippen molar-refractivity contribution in [2.75, 3.05) is 25.0 Å². The van der Waals surface area contributed by atoms with Gasteiger partial charge in [0.2, 0.25) is 0 Å². The monoisotopic (exact) mass is 395 g/mol. The molecule has 0 aliphatic heterocycles. The number of hydrogen-bond acceptors (Lipinski definition) is 3. The molecule has 26 heavy (non-hydrogen) atoms. The van der Waals surface area contributed by atoms with Crippen molar-refractivity contribution in [3.63, 3.8) is 0 Å². The Kier molecular flexibility index (Phi) is 7.60. The van der Waals surface area contributed by atoms with E-state index in [9.17, 15) is 8.60 Å². The van der Waals surface area contributed by atoms with Crippen LogP contribution in [0.3, 0.4) is 0 Å². The van der Waals surface area contributed by atoms with E-state index in [0.717, 1.165) is 11.3 Å². The second-order valence-corrected chi connectivity index (χ2v) is 7.53. The minimum atomic E-state index is -1.64. The summed E-state index contributed by atoms with van der Waals surface area (Å²) < 4.78 is 24.9. The summed E-state index contributed by atoms with van der Waals surface area (Å²) in [6, 6.07) is 5.14. The van der Waals surface area contributed by atoms with Crippen molar-refractivity contribution in [1.82, 2.24) is 4.90 Å². The number of halogens is 2. The molecule has 0 heterocycles. The van der Waals surface area contributed by atoms with Crippen LogP contribution < -0.4 is 5.32 Å². The van der Waals surface area contributed by atoms with Gasteiger partial charge in [-0.05, 0) is 54.4 Å². The number of anilines is 1. The highest BCUT2D eigenvalue weighted by atomic mass is 35.7. The number of hydrogen-bond donors (Lipinski definition) is 2. The maximum absolute atomic E-state index is 13.3. The van der Waals surface area contributed by atoms with Gasteiger partial charge >= 0.3 is 0 Å². The fraction of sp³-hybridized carbons (Fsp3) is 0.316. The number of nitrogens with one attached hydrogen (secondary N) is 2. The number of benzene rings is 1. The molecule has 1 aromatic rings. The first-order chi connectivity index (χ1) is 12.5. The lowest BCUT2D eigenvalue weighted by Gasteiger charge is -2.24. The maximum Gasteiger partial charge on any atom is 0.147 e. The van der Waals surface area contributed by atoms with Crippen LogP contribution >= 0.6 is 10.7 Å². The normalized spacial score (nSPS) is 14.9. The molecule has 2 N–H and O–H groups in total. The van der Waals surface area contributed by atoms with Gasteiger partial charge in [0.1, 0.15) is 21.7 Å². The third-order valence-electron chi connectivity index (χ3n) is 4.12. The summed E-state index contributed by atoms with van der Waals surface area (Å²) in [5.41, 5.74) is 2.32. The molecule has 140 valence electrons. The molecule has 7 heteroatoms. The SMILES string of the molecule is CCN(CC)C(=N)c1cc(S(=O)Cl)ccc1NCC1=CC=C(F)CC=C1. The molecule has 0 radical (unpaired) electrons. The number of rotatable bonds is 7. The average molecular weight is 396 g/mol. The second kappa shape index (κ2) is 9.69. The largest absolute Gasteiger partial charge is 0.380 e. The predicted molar refractivity (Wildman–Crippen MR) is 108 cm³/mol. The van der Waals surface area contributed by atoms with Crippen LogP contribution in [-0.2, 0) is 10.0 Å². The van der Waals surface area contributed by atoms with Crippen LogP contribution in [0.1, 0.15) is 25.8 Å². The van der Waals surface area contributed by atoms with Crippen molar-refractivity contribution in [1.29, 1.82) is 5.41 Å². The van der Waals surface area contributed by atoms with E-state index < -0.39 is 10.0 Å². The summed E-state index contributed by atoms with van der Waals surface area (Å²) in [4.78, 5) is 2.37. The van der Waals surface area contributed by atoms with Gasteiger partial charge in [-0.25, -0.2) is 8.60 Å². The van der Waals surface area contributed by atoms with E-state index in [1.165, 1.54) is 6.08 Å². The van der Waals surface area contributed by atoms with Crippen LogP contribution in [0.4, 0.5) is 10.1 Å². The Morgan fingerprint density at radius 3 is 2.73 bits per heavy atom. The first-order valence-corrected chi connectivity index (χ1v) is 10.4. The summed E-state index contributed by atoms with van der Waals surface area (Å²) in [7, 11) is 4.08. The maximum atomic E-state index is 13.3. The summed E-state index contributed by atoms with van der Waals surface area (Å²) >= 11 is 0. The van der Waals surface area contributed by atoms with Crippen molar-refractivity contribution in [3.05, 3.63) is 59.5 Å². The van der Waals surface area contributed by atoms with E-state index in [1.807, 2.05) is 24.8 Å². The van der Waals surface area contributed by atoms with Gasteiger partial charge in [-0.15, -0.1) is 0 Å². The van der Waals surface area contributed by atoms with E-state index in [4.69, 9.17) is 16.1 Å². The highest BCUT2D eigenvalue weighted by Gasteiger charge is 2.15. The highest BCUT2D eigenvalue weighted by molar-refractivity contribution is 8.08. The zero-order valence-corrected chi connectivity index (χ0v) is 16.5. The minimum absolute atomic E-state index is 0.172. The fourth-order valence-electron chi connectivity index (χ4n) is 2.64. The van der Waals surface area contributed by atoms with E-state index in [2.05, 4.69) is 5.32 Å². The summed E-state index contributed by atoms with van der Waals surface area (Å²) in [5.74, 6) is 0.173. The van der Waals surface area contributed by atoms with Gasteiger partial charge < -0.3 is 10.2 Å². The second-order valence-electron chi connectivity index (χ2n) is 5.77. The lowest BCUT2D eigenvalue weighted by atomic mass is 10.1. The number of nitrogens with zero attached hydrogens (tertiary/aromatic N) is 1. The van der Waals surface area contributed by atoms with E-state index in [0.29, 0.717) is 42.3 Å². The van der Waals surface area contributed by atoms with Gasteiger partial charge in [-0.3, -0.25) is 5.41 Å². The Bertz CT molecular complexity index is 785. The Labute approximate surface area is 160 Å². The number of amidine groups is 1. The van der Waals surface area contributed by atoms with Crippen LogP contribution in [0.25, 0.3) is 0 Å². The lowest BCUT2D eigenvalue weighted by molar-refractivity contribution is 0.463. The molecule has 0 saturated heterocycles. The molecule has 1 aliphatic rings. The molecule has 0 aromatic heterocycles. The predicted octanol–water partition coefficient (Wildman–Crippen LogP) is 4.77. The standard InChI is InChI=1S/C19H23ClFN3OS/c1-3-24(4-2)19(22)17-12-16(26(20)25)10-11-18(17)23-13-14-6-5-7-15(21)9-8-14/h5-6,8-12,22-23H,3-4,7,13H2,1-2H3. The van der Waals surface area contributed by atoms with Gasteiger partial charge in [0.05, 0.1) is 4.90 Å². The fourth-order valence-corrected chi connectivity index (χ4v) is 3.32. The molecular formula is C19H23ClFN3OS. The Balaban J connectivity index is 2.29. The molecular weight excluding hydrogens is 373 g/mol. The van der Waals surface area contributed by atoms with Crippen LogP contribution in [-0.4, -0.2) is 34.6 Å². The lowest BCUT2D eigenvalue weighted by Crippen LogP contribution is -2.31. The van der Waals surface area contributed by atoms with Crippen molar-refractivity contribution < 1.29 is 8.60 Å². The summed E-state index contributed by atoms with van der Waals surface area (Å²) in [5, 5.41) is 11.8. The van der Waals surface area contributed by atoms with Crippen molar-refractivity contribution in [2.24, 2.45) is 0 Å². The molecule has 1 unspecified atom stereocenters. The molecule has 4 nitrogen and oxygen atoms in total. The molecule has 0 saturated carbocycles. The minimum Gasteiger partial charge on any atom is -0.380 e. The van der Waals surface area contributed by atoms with Gasteiger partial charge in [-0.2, -0.15) is 0 Å². The molecule has 0 spiro atoms. The van der Waals surface area contributed by atoms with Crippen LogP contribution in [0.5, 0.6) is 0 Å². The summed E-state index contributed by atoms with van der Waals surface area (Å²) in [6.07, 6.45) is 7.17. The van der Waals surface area contributed by atoms with Crippen molar-refractivity contribution in [2.45, 2.75) is 25.2 Å². The molecule has 1 atom stereocenters. The Morgan fingerprint density at radius 2 is 2.08 bits per heavy atom. The first kappa shape index (κ1) is 20.4. The quantitative estimate of drug-likeness (QED) is 0.397. The van der Waals surface area contributed by atoms with Crippen LogP contribution in [0.15, 0.2) is 58.8 Å². The molecule has 0 amide bonds.